The first kappa shape index (κ1) is 19.1. The fourth-order valence-corrected chi connectivity index (χ4v) is 5.95. The molecule has 3 rings (SSSR count). The van der Waals surface area contributed by atoms with Gasteiger partial charge in [0.25, 0.3) is 0 Å². The number of aromatic nitrogens is 1. The van der Waals surface area contributed by atoms with Crippen molar-refractivity contribution in [2.75, 3.05) is 17.3 Å². The maximum atomic E-state index is 13.7. The van der Waals surface area contributed by atoms with E-state index >= 15 is 0 Å². The molecule has 0 bridgehead atoms. The van der Waals surface area contributed by atoms with Crippen molar-refractivity contribution in [2.24, 2.45) is 0 Å². The monoisotopic (exact) mass is 399 g/mol. The fourth-order valence-electron chi connectivity index (χ4n) is 3.41. The van der Waals surface area contributed by atoms with Gasteiger partial charge in [-0.15, -0.1) is 11.8 Å². The van der Waals surface area contributed by atoms with Crippen LogP contribution >= 0.6 is 11.8 Å². The summed E-state index contributed by atoms with van der Waals surface area (Å²) in [5.41, 5.74) is 2.04. The molecule has 8 heteroatoms. The molecule has 0 amide bonds. The van der Waals surface area contributed by atoms with Crippen molar-refractivity contribution in [3.63, 3.8) is 0 Å². The number of Topliss-reactive ketones (excluding diaryl/α,β-unsaturated/α-hetero) is 1. The molecular formula is C18H19F2NO3S2. The second-order valence-electron chi connectivity index (χ2n) is 6.50. The number of sulfone groups is 1. The number of nitrogens with zero attached hydrogens (tertiary/aromatic N) is 1. The van der Waals surface area contributed by atoms with E-state index in [-0.39, 0.29) is 34.0 Å². The zero-order chi connectivity index (χ0) is 19.1. The Balaban J connectivity index is 1.78. The average Bonchev–Trinajstić information content (AvgIpc) is 3.06. The van der Waals surface area contributed by atoms with Crippen LogP contribution in [0.3, 0.4) is 0 Å². The third kappa shape index (κ3) is 3.86. The van der Waals surface area contributed by atoms with Gasteiger partial charge in [0.15, 0.2) is 15.6 Å². The van der Waals surface area contributed by atoms with Gasteiger partial charge in [-0.3, -0.25) is 4.79 Å². The van der Waals surface area contributed by atoms with Crippen LogP contribution in [0.4, 0.5) is 8.78 Å². The summed E-state index contributed by atoms with van der Waals surface area (Å²) < 4.78 is 52.3. The summed E-state index contributed by atoms with van der Waals surface area (Å²) in [6.45, 7) is 3.63. The Morgan fingerprint density at radius 3 is 2.65 bits per heavy atom. The van der Waals surface area contributed by atoms with Crippen LogP contribution in [-0.2, 0) is 9.84 Å². The predicted molar refractivity (Wildman–Crippen MR) is 97.6 cm³/mol. The van der Waals surface area contributed by atoms with Crippen LogP contribution < -0.4 is 0 Å². The van der Waals surface area contributed by atoms with Crippen LogP contribution in [0.15, 0.2) is 29.2 Å². The maximum Gasteiger partial charge on any atom is 0.174 e. The molecule has 4 nitrogen and oxygen atoms in total. The minimum absolute atomic E-state index is 0.0202. The lowest BCUT2D eigenvalue weighted by Gasteiger charge is -2.16. The summed E-state index contributed by atoms with van der Waals surface area (Å²) in [6, 6.07) is 4.72. The van der Waals surface area contributed by atoms with Crippen LogP contribution in [0.25, 0.3) is 0 Å². The van der Waals surface area contributed by atoms with E-state index in [1.807, 2.05) is 11.5 Å². The Labute approximate surface area is 155 Å². The molecule has 1 aliphatic heterocycles. The Kier molecular flexibility index (Phi) is 5.25. The van der Waals surface area contributed by atoms with E-state index in [1.165, 1.54) is 0 Å². The number of thioether (sulfide) groups is 1. The summed E-state index contributed by atoms with van der Waals surface area (Å²) >= 11 is 0.950. The van der Waals surface area contributed by atoms with Crippen molar-refractivity contribution < 1.29 is 22.0 Å². The number of ketones is 1. The lowest BCUT2D eigenvalue weighted by Crippen LogP contribution is -2.14. The molecule has 1 saturated heterocycles. The molecule has 26 heavy (non-hydrogen) atoms. The molecule has 1 aliphatic rings. The number of aryl methyl sites for hydroxylation is 1. The van der Waals surface area contributed by atoms with E-state index in [0.717, 1.165) is 41.3 Å². The van der Waals surface area contributed by atoms with E-state index in [1.54, 1.807) is 13.0 Å². The van der Waals surface area contributed by atoms with E-state index in [4.69, 9.17) is 0 Å². The predicted octanol–water partition coefficient (Wildman–Crippen LogP) is 3.72. The standard InChI is InChI=1S/C18H19F2NO3S2/c1-11-7-15(12(2)21(11)14-5-6-26(23,24)10-14)17(22)9-25-18-8-13(19)3-4-16(18)20/h3-4,7-8,14H,5-6,9-10H2,1-2H3/t14-/m0/s1. The van der Waals surface area contributed by atoms with Crippen molar-refractivity contribution >= 4 is 27.4 Å². The Bertz CT molecular complexity index is 967. The highest BCUT2D eigenvalue weighted by atomic mass is 32.2. The number of hydrogen-bond donors (Lipinski definition) is 0. The molecule has 1 aromatic heterocycles. The number of halogens is 2. The van der Waals surface area contributed by atoms with Crippen LogP contribution in [-0.4, -0.2) is 36.0 Å². The second-order valence-corrected chi connectivity index (χ2v) is 9.74. The molecule has 0 unspecified atom stereocenters. The van der Waals surface area contributed by atoms with Gasteiger partial charge in [0.1, 0.15) is 11.6 Å². The first-order chi connectivity index (χ1) is 12.2. The third-order valence-electron chi connectivity index (χ3n) is 4.61. The fraction of sp³-hybridized carbons (Fsp3) is 0.389. The van der Waals surface area contributed by atoms with Crippen molar-refractivity contribution in [1.82, 2.24) is 4.57 Å². The molecule has 1 aromatic carbocycles. The van der Waals surface area contributed by atoms with Gasteiger partial charge in [0.2, 0.25) is 0 Å². The van der Waals surface area contributed by atoms with Crippen molar-refractivity contribution in [3.05, 3.63) is 52.9 Å². The number of rotatable bonds is 5. The zero-order valence-electron chi connectivity index (χ0n) is 14.5. The van der Waals surface area contributed by atoms with Gasteiger partial charge in [-0.2, -0.15) is 0 Å². The Morgan fingerprint density at radius 1 is 1.27 bits per heavy atom. The van der Waals surface area contributed by atoms with Gasteiger partial charge >= 0.3 is 0 Å². The summed E-state index contributed by atoms with van der Waals surface area (Å²) in [4.78, 5) is 12.7. The van der Waals surface area contributed by atoms with E-state index in [2.05, 4.69) is 0 Å². The maximum absolute atomic E-state index is 13.7. The summed E-state index contributed by atoms with van der Waals surface area (Å²) in [5.74, 6) is -1.09. The van der Waals surface area contributed by atoms with E-state index < -0.39 is 21.5 Å². The molecule has 0 radical (unpaired) electrons. The Hall–Kier alpha value is -1.67. The molecule has 140 valence electrons. The SMILES string of the molecule is Cc1cc(C(=O)CSc2cc(F)ccc2F)c(C)n1[C@H]1CCS(=O)(=O)C1. The van der Waals surface area contributed by atoms with Crippen LogP contribution in [0.2, 0.25) is 0 Å². The number of carbonyl (C=O) groups excluding carboxylic acids is 1. The lowest BCUT2D eigenvalue weighted by molar-refractivity contribution is 0.102. The van der Waals surface area contributed by atoms with Crippen LogP contribution in [0.5, 0.6) is 0 Å². The van der Waals surface area contributed by atoms with Gasteiger partial charge in [-0.05, 0) is 44.5 Å². The molecule has 0 spiro atoms. The minimum Gasteiger partial charge on any atom is -0.344 e. The van der Waals surface area contributed by atoms with Gasteiger partial charge in [0.05, 0.1) is 17.3 Å². The molecule has 2 heterocycles. The normalized spacial score (nSPS) is 19.0. The molecule has 2 aromatic rings. The zero-order valence-corrected chi connectivity index (χ0v) is 16.1. The average molecular weight is 399 g/mol. The van der Waals surface area contributed by atoms with Gasteiger partial charge < -0.3 is 4.57 Å². The number of hydrogen-bond acceptors (Lipinski definition) is 4. The molecule has 0 saturated carbocycles. The number of carbonyl (C=O) groups is 1. The quantitative estimate of drug-likeness (QED) is 0.568. The van der Waals surface area contributed by atoms with Gasteiger partial charge in [-0.25, -0.2) is 17.2 Å². The van der Waals surface area contributed by atoms with E-state index in [9.17, 15) is 22.0 Å². The first-order valence-electron chi connectivity index (χ1n) is 8.18. The number of benzene rings is 1. The van der Waals surface area contributed by atoms with Gasteiger partial charge in [0, 0.05) is 27.9 Å². The van der Waals surface area contributed by atoms with Crippen molar-refractivity contribution in [2.45, 2.75) is 31.2 Å². The van der Waals surface area contributed by atoms with E-state index in [0.29, 0.717) is 12.0 Å². The highest BCUT2D eigenvalue weighted by Gasteiger charge is 2.31. The minimum atomic E-state index is -3.03. The molecule has 0 N–H and O–H groups in total. The lowest BCUT2D eigenvalue weighted by atomic mass is 10.2. The van der Waals surface area contributed by atoms with Crippen LogP contribution in [0, 0.1) is 25.5 Å². The van der Waals surface area contributed by atoms with Crippen LogP contribution in [0.1, 0.15) is 34.2 Å². The smallest absolute Gasteiger partial charge is 0.174 e. The Morgan fingerprint density at radius 2 is 2.00 bits per heavy atom. The van der Waals surface area contributed by atoms with Gasteiger partial charge in [-0.1, -0.05) is 0 Å². The second kappa shape index (κ2) is 7.15. The molecule has 0 aliphatic carbocycles. The summed E-state index contributed by atoms with van der Waals surface area (Å²) in [6.07, 6.45) is 0.537. The van der Waals surface area contributed by atoms with Crippen molar-refractivity contribution in [1.29, 1.82) is 0 Å². The topological polar surface area (TPSA) is 56.1 Å². The third-order valence-corrected chi connectivity index (χ3v) is 7.39. The molecular weight excluding hydrogens is 380 g/mol. The highest BCUT2D eigenvalue weighted by Crippen LogP contribution is 2.30. The largest absolute Gasteiger partial charge is 0.344 e. The molecule has 1 atom stereocenters. The molecule has 1 fully saturated rings. The van der Waals surface area contributed by atoms with Crippen molar-refractivity contribution in [3.8, 4) is 0 Å². The summed E-state index contributed by atoms with van der Waals surface area (Å²) in [5, 5.41) is 0. The first-order valence-corrected chi connectivity index (χ1v) is 11.0. The summed E-state index contributed by atoms with van der Waals surface area (Å²) in [7, 11) is -3.03. The highest BCUT2D eigenvalue weighted by molar-refractivity contribution is 8.00.